The largest absolute Gasteiger partial charge is 0.482 e. The van der Waals surface area contributed by atoms with E-state index in [9.17, 15) is 19.7 Å². The van der Waals surface area contributed by atoms with Crippen LogP contribution in [0.2, 0.25) is 0 Å². The van der Waals surface area contributed by atoms with Gasteiger partial charge in [-0.05, 0) is 18.6 Å². The van der Waals surface area contributed by atoms with Crippen LogP contribution in [0, 0.1) is 17.0 Å². The number of nitro benzene ring substituents is 1. The van der Waals surface area contributed by atoms with Gasteiger partial charge in [-0.25, -0.2) is 9.59 Å². The summed E-state index contributed by atoms with van der Waals surface area (Å²) in [7, 11) is 2.36. The fourth-order valence-corrected chi connectivity index (χ4v) is 3.23. The zero-order chi connectivity index (χ0) is 19.4. The van der Waals surface area contributed by atoms with Gasteiger partial charge in [0, 0.05) is 11.6 Å². The molecule has 0 radical (unpaired) electrons. The summed E-state index contributed by atoms with van der Waals surface area (Å²) in [5.74, 6) is -1.45. The molecule has 1 aromatic heterocycles. The minimum atomic E-state index is -0.745. The van der Waals surface area contributed by atoms with E-state index in [1.54, 1.807) is 13.0 Å². The molecule has 0 aliphatic rings. The van der Waals surface area contributed by atoms with E-state index in [4.69, 9.17) is 10.5 Å². The summed E-state index contributed by atoms with van der Waals surface area (Å²) in [6.45, 7) is 1.41. The Labute approximate surface area is 152 Å². The van der Waals surface area contributed by atoms with Crippen molar-refractivity contribution in [3.05, 3.63) is 49.9 Å². The number of carbonyl (C=O) groups is 2. The smallest absolute Gasteiger partial charge is 0.348 e. The van der Waals surface area contributed by atoms with E-state index >= 15 is 0 Å². The highest BCUT2D eigenvalue weighted by molar-refractivity contribution is 7.18. The number of anilines is 1. The second-order valence-corrected chi connectivity index (χ2v) is 6.20. The van der Waals surface area contributed by atoms with Crippen molar-refractivity contribution in [1.29, 1.82) is 0 Å². The number of hydrogen-bond acceptors (Lipinski definition) is 9. The molecule has 0 saturated heterocycles. The van der Waals surface area contributed by atoms with E-state index in [2.05, 4.69) is 9.47 Å². The molecule has 10 heteroatoms. The van der Waals surface area contributed by atoms with Crippen LogP contribution in [-0.2, 0) is 16.1 Å². The molecule has 0 spiro atoms. The maximum atomic E-state index is 12.0. The molecule has 2 rings (SSSR count). The number of aryl methyl sites for hydroxylation is 1. The normalized spacial score (nSPS) is 10.3. The van der Waals surface area contributed by atoms with E-state index in [-0.39, 0.29) is 39.0 Å². The molecule has 0 fully saturated rings. The number of thiophene rings is 1. The Balaban J connectivity index is 2.45. The van der Waals surface area contributed by atoms with E-state index in [0.29, 0.717) is 5.56 Å². The predicted octanol–water partition coefficient (Wildman–Crippen LogP) is 2.70. The standard InChI is InChI=1S/C16H16N2O7S/c1-8-4-5-11(10(6-8)18(21)22)25-7-9-12(15(19)23-2)14(17)26-13(9)16(20)24-3/h4-6H,7,17H2,1-3H3. The number of benzene rings is 1. The van der Waals surface area contributed by atoms with Crippen LogP contribution in [0.4, 0.5) is 10.7 Å². The zero-order valence-corrected chi connectivity index (χ0v) is 15.0. The number of ether oxygens (including phenoxy) is 3. The van der Waals surface area contributed by atoms with Crippen molar-refractivity contribution in [2.24, 2.45) is 0 Å². The third-order valence-electron chi connectivity index (χ3n) is 3.48. The van der Waals surface area contributed by atoms with Crippen molar-refractivity contribution < 1.29 is 28.7 Å². The molecule has 0 bridgehead atoms. The minimum Gasteiger partial charge on any atom is -0.482 e. The first-order valence-electron chi connectivity index (χ1n) is 7.25. The zero-order valence-electron chi connectivity index (χ0n) is 14.2. The van der Waals surface area contributed by atoms with E-state index in [0.717, 1.165) is 11.3 Å². The van der Waals surface area contributed by atoms with Crippen molar-refractivity contribution in [3.8, 4) is 5.75 Å². The first kappa shape index (κ1) is 19.2. The van der Waals surface area contributed by atoms with E-state index < -0.39 is 16.9 Å². The van der Waals surface area contributed by atoms with Crippen molar-refractivity contribution in [1.82, 2.24) is 0 Å². The Hall–Kier alpha value is -3.14. The van der Waals surface area contributed by atoms with Gasteiger partial charge in [0.05, 0.1) is 19.1 Å². The van der Waals surface area contributed by atoms with Crippen molar-refractivity contribution >= 4 is 34.0 Å². The Bertz CT molecular complexity index is 876. The van der Waals surface area contributed by atoms with Crippen LogP contribution in [0.5, 0.6) is 5.75 Å². The molecule has 0 saturated carbocycles. The summed E-state index contributed by atoms with van der Waals surface area (Å²) < 4.78 is 14.9. The molecule has 1 aromatic carbocycles. The molecular weight excluding hydrogens is 364 g/mol. The highest BCUT2D eigenvalue weighted by atomic mass is 32.1. The van der Waals surface area contributed by atoms with E-state index in [1.165, 1.54) is 26.4 Å². The third kappa shape index (κ3) is 3.75. The topological polar surface area (TPSA) is 131 Å². The maximum absolute atomic E-state index is 12.0. The first-order chi connectivity index (χ1) is 12.3. The Morgan fingerprint density at radius 2 is 1.88 bits per heavy atom. The van der Waals surface area contributed by atoms with Crippen molar-refractivity contribution in [2.45, 2.75) is 13.5 Å². The number of nitrogens with zero attached hydrogens (tertiary/aromatic N) is 1. The quantitative estimate of drug-likeness (QED) is 0.460. The van der Waals surface area contributed by atoms with Gasteiger partial charge in [0.2, 0.25) is 0 Å². The summed E-state index contributed by atoms with van der Waals surface area (Å²) in [5.41, 5.74) is 6.42. The van der Waals surface area contributed by atoms with E-state index in [1.807, 2.05) is 0 Å². The number of rotatable bonds is 6. The summed E-state index contributed by atoms with van der Waals surface area (Å²) in [5, 5.41) is 11.3. The Morgan fingerprint density at radius 1 is 1.23 bits per heavy atom. The Kier molecular flexibility index (Phi) is 5.78. The molecule has 0 amide bonds. The maximum Gasteiger partial charge on any atom is 0.348 e. The van der Waals surface area contributed by atoms with Gasteiger partial charge in [-0.2, -0.15) is 0 Å². The molecule has 2 N–H and O–H groups in total. The lowest BCUT2D eigenvalue weighted by molar-refractivity contribution is -0.386. The van der Waals surface area contributed by atoms with Gasteiger partial charge in [0.1, 0.15) is 22.0 Å². The highest BCUT2D eigenvalue weighted by Crippen LogP contribution is 2.35. The van der Waals surface area contributed by atoms with Crippen molar-refractivity contribution in [3.63, 3.8) is 0 Å². The average molecular weight is 380 g/mol. The number of nitrogen functional groups attached to an aromatic ring is 1. The number of hydrogen-bond donors (Lipinski definition) is 1. The van der Waals surface area contributed by atoms with Crippen LogP contribution >= 0.6 is 11.3 Å². The van der Waals surface area contributed by atoms with Crippen LogP contribution in [-0.4, -0.2) is 31.1 Å². The molecule has 138 valence electrons. The number of esters is 2. The molecular formula is C16H16N2O7S. The molecule has 2 aromatic rings. The number of nitrogens with two attached hydrogens (primary N) is 1. The first-order valence-corrected chi connectivity index (χ1v) is 8.07. The summed E-state index contributed by atoms with van der Waals surface area (Å²) in [6, 6.07) is 4.45. The molecule has 0 aliphatic carbocycles. The predicted molar refractivity (Wildman–Crippen MR) is 93.6 cm³/mol. The van der Waals surface area contributed by atoms with Gasteiger partial charge in [-0.15, -0.1) is 11.3 Å². The molecule has 1 heterocycles. The van der Waals surface area contributed by atoms with Gasteiger partial charge in [-0.3, -0.25) is 10.1 Å². The van der Waals surface area contributed by atoms with Gasteiger partial charge in [-0.1, -0.05) is 6.07 Å². The van der Waals surface area contributed by atoms with Crippen molar-refractivity contribution in [2.75, 3.05) is 20.0 Å². The van der Waals surface area contributed by atoms with Crippen LogP contribution in [0.3, 0.4) is 0 Å². The minimum absolute atomic E-state index is 0.00277. The molecule has 0 unspecified atom stereocenters. The fourth-order valence-electron chi connectivity index (χ4n) is 2.25. The fraction of sp³-hybridized carbons (Fsp3) is 0.250. The lowest BCUT2D eigenvalue weighted by Gasteiger charge is -2.09. The molecule has 9 nitrogen and oxygen atoms in total. The molecule has 0 aliphatic heterocycles. The summed E-state index contributed by atoms with van der Waals surface area (Å²) in [6.07, 6.45) is 0. The summed E-state index contributed by atoms with van der Waals surface area (Å²) in [4.78, 5) is 34.6. The number of methoxy groups -OCH3 is 2. The van der Waals surface area contributed by atoms with Crippen LogP contribution in [0.1, 0.15) is 31.2 Å². The van der Waals surface area contributed by atoms with Crippen LogP contribution < -0.4 is 10.5 Å². The van der Waals surface area contributed by atoms with Gasteiger partial charge in [0.15, 0.2) is 5.75 Å². The molecule has 26 heavy (non-hydrogen) atoms. The lowest BCUT2D eigenvalue weighted by Crippen LogP contribution is -2.11. The van der Waals surface area contributed by atoms with Crippen LogP contribution in [0.15, 0.2) is 18.2 Å². The highest BCUT2D eigenvalue weighted by Gasteiger charge is 2.28. The SMILES string of the molecule is COC(=O)c1sc(N)c(C(=O)OC)c1COc1ccc(C)cc1[N+](=O)[O-]. The van der Waals surface area contributed by atoms with Crippen LogP contribution in [0.25, 0.3) is 0 Å². The second kappa shape index (κ2) is 7.83. The third-order valence-corrected chi connectivity index (χ3v) is 4.52. The van der Waals surface area contributed by atoms with Gasteiger partial charge < -0.3 is 19.9 Å². The molecule has 0 atom stereocenters. The van der Waals surface area contributed by atoms with Gasteiger partial charge >= 0.3 is 17.6 Å². The van der Waals surface area contributed by atoms with Gasteiger partial charge in [0.25, 0.3) is 0 Å². The lowest BCUT2D eigenvalue weighted by atomic mass is 10.1. The summed E-state index contributed by atoms with van der Waals surface area (Å²) >= 11 is 0.854. The Morgan fingerprint density at radius 3 is 2.46 bits per heavy atom. The average Bonchev–Trinajstić information content (AvgIpc) is 2.95. The second-order valence-electron chi connectivity index (χ2n) is 5.15. The number of carbonyl (C=O) groups excluding carboxylic acids is 2. The number of nitro groups is 1. The monoisotopic (exact) mass is 380 g/mol.